The number of aromatic nitrogens is 1. The van der Waals surface area contributed by atoms with Crippen LogP contribution in [-0.2, 0) is 11.3 Å². The van der Waals surface area contributed by atoms with Crippen molar-refractivity contribution in [1.29, 1.82) is 0 Å². The summed E-state index contributed by atoms with van der Waals surface area (Å²) in [6, 6.07) is 8.06. The monoisotopic (exact) mass is 353 g/mol. The van der Waals surface area contributed by atoms with Crippen LogP contribution in [-0.4, -0.2) is 34.4 Å². The number of carbonyl (C=O) groups excluding carboxylic acids is 2. The van der Waals surface area contributed by atoms with Gasteiger partial charge in [-0.2, -0.15) is 0 Å². The number of amides is 2. The van der Waals surface area contributed by atoms with Crippen LogP contribution in [0.2, 0.25) is 0 Å². The maximum absolute atomic E-state index is 12.2. The number of rotatable bonds is 6. The van der Waals surface area contributed by atoms with E-state index < -0.39 is 5.91 Å². The highest BCUT2D eigenvalue weighted by Gasteiger charge is 2.24. The molecule has 0 spiro atoms. The van der Waals surface area contributed by atoms with Crippen LogP contribution in [0.3, 0.4) is 0 Å². The fraction of sp³-hybridized carbons (Fsp3) is 0.429. The predicted molar refractivity (Wildman–Crippen MR) is 103 cm³/mol. The van der Waals surface area contributed by atoms with E-state index in [4.69, 9.17) is 5.73 Å². The van der Waals surface area contributed by atoms with Crippen LogP contribution in [0.5, 0.6) is 0 Å². The van der Waals surface area contributed by atoms with Crippen LogP contribution >= 0.6 is 0 Å². The fourth-order valence-corrected chi connectivity index (χ4v) is 4.06. The van der Waals surface area contributed by atoms with Crippen molar-refractivity contribution >= 4 is 11.8 Å². The Bertz CT molecular complexity index is 851. The van der Waals surface area contributed by atoms with Gasteiger partial charge < -0.3 is 15.2 Å². The summed E-state index contributed by atoms with van der Waals surface area (Å²) < 4.78 is 2.17. The summed E-state index contributed by atoms with van der Waals surface area (Å²) in [5, 5.41) is 0. The fourth-order valence-electron chi connectivity index (χ4n) is 4.06. The van der Waals surface area contributed by atoms with Gasteiger partial charge in [0.15, 0.2) is 0 Å². The van der Waals surface area contributed by atoms with E-state index in [0.29, 0.717) is 12.0 Å². The Hall–Kier alpha value is -2.56. The van der Waals surface area contributed by atoms with Gasteiger partial charge in [-0.15, -0.1) is 0 Å². The maximum atomic E-state index is 12.2. The third-order valence-corrected chi connectivity index (χ3v) is 5.43. The van der Waals surface area contributed by atoms with Gasteiger partial charge in [0.2, 0.25) is 5.91 Å². The zero-order chi connectivity index (χ0) is 18.8. The Morgan fingerprint density at radius 3 is 2.46 bits per heavy atom. The lowest BCUT2D eigenvalue weighted by atomic mass is 9.96. The second kappa shape index (κ2) is 7.36. The molecule has 26 heavy (non-hydrogen) atoms. The van der Waals surface area contributed by atoms with Gasteiger partial charge in [-0.1, -0.05) is 24.3 Å². The molecule has 1 fully saturated rings. The number of benzene rings is 1. The van der Waals surface area contributed by atoms with Crippen LogP contribution in [0, 0.1) is 20.8 Å². The van der Waals surface area contributed by atoms with E-state index in [1.165, 1.54) is 0 Å². The first kappa shape index (κ1) is 18.2. The minimum atomic E-state index is -0.391. The number of hydrogen-bond acceptors (Lipinski definition) is 2. The van der Waals surface area contributed by atoms with E-state index in [2.05, 4.69) is 4.57 Å². The molecule has 1 aromatic heterocycles. The van der Waals surface area contributed by atoms with Gasteiger partial charge in [0.1, 0.15) is 0 Å². The maximum Gasteiger partial charge on any atom is 0.251 e. The average Bonchev–Trinajstić information content (AvgIpc) is 3.11. The first-order valence-electron chi connectivity index (χ1n) is 9.25. The molecule has 2 aromatic rings. The molecule has 1 aliphatic rings. The lowest BCUT2D eigenvalue weighted by Gasteiger charge is -2.17. The van der Waals surface area contributed by atoms with Gasteiger partial charge in [0.05, 0.1) is 5.56 Å². The standard InChI is InChI=1S/C21H27N3O2/c1-14-8-4-5-9-17(14)19-15(2)24(16(3)20(19)21(22)26)13-7-12-23-11-6-10-18(23)25/h4-5,8-9H,6-7,10-13H2,1-3H3,(H2,22,26). The molecule has 2 heterocycles. The van der Waals surface area contributed by atoms with Crippen molar-refractivity contribution in [2.75, 3.05) is 13.1 Å². The Morgan fingerprint density at radius 2 is 1.85 bits per heavy atom. The summed E-state index contributed by atoms with van der Waals surface area (Å²) in [4.78, 5) is 25.9. The number of hydrogen-bond donors (Lipinski definition) is 1. The highest BCUT2D eigenvalue weighted by atomic mass is 16.2. The molecule has 0 saturated carbocycles. The summed E-state index contributed by atoms with van der Waals surface area (Å²) in [5.74, 6) is -0.137. The van der Waals surface area contributed by atoms with Crippen LogP contribution in [0.4, 0.5) is 0 Å². The van der Waals surface area contributed by atoms with Crippen molar-refractivity contribution in [2.24, 2.45) is 5.73 Å². The lowest BCUT2D eigenvalue weighted by molar-refractivity contribution is -0.127. The summed E-state index contributed by atoms with van der Waals surface area (Å²) in [5.41, 5.74) is 11.4. The zero-order valence-corrected chi connectivity index (χ0v) is 15.8. The molecule has 2 N–H and O–H groups in total. The normalized spacial score (nSPS) is 14.3. The van der Waals surface area contributed by atoms with Crippen LogP contribution in [0.15, 0.2) is 24.3 Å². The molecular formula is C21H27N3O2. The number of aryl methyl sites for hydroxylation is 1. The minimum Gasteiger partial charge on any atom is -0.366 e. The predicted octanol–water partition coefficient (Wildman–Crippen LogP) is 3.19. The van der Waals surface area contributed by atoms with Crippen molar-refractivity contribution in [3.63, 3.8) is 0 Å². The molecule has 5 heteroatoms. The van der Waals surface area contributed by atoms with Crippen molar-refractivity contribution in [1.82, 2.24) is 9.47 Å². The van der Waals surface area contributed by atoms with Gasteiger partial charge >= 0.3 is 0 Å². The molecule has 0 atom stereocenters. The lowest BCUT2D eigenvalue weighted by Crippen LogP contribution is -2.26. The largest absolute Gasteiger partial charge is 0.366 e. The minimum absolute atomic E-state index is 0.254. The summed E-state index contributed by atoms with van der Waals surface area (Å²) in [7, 11) is 0. The third kappa shape index (κ3) is 3.26. The first-order chi connectivity index (χ1) is 12.4. The number of carbonyl (C=O) groups is 2. The Labute approximate surface area is 154 Å². The Kier molecular flexibility index (Phi) is 5.16. The topological polar surface area (TPSA) is 68.3 Å². The van der Waals surface area contributed by atoms with Crippen molar-refractivity contribution in [3.8, 4) is 11.1 Å². The molecule has 2 amide bonds. The van der Waals surface area contributed by atoms with Crippen molar-refractivity contribution in [3.05, 3.63) is 46.8 Å². The highest BCUT2D eigenvalue weighted by molar-refractivity contribution is 6.02. The van der Waals surface area contributed by atoms with Gasteiger partial charge in [-0.05, 0) is 44.7 Å². The molecule has 0 radical (unpaired) electrons. The summed E-state index contributed by atoms with van der Waals surface area (Å²) >= 11 is 0. The van der Waals surface area contributed by atoms with Crippen LogP contribution < -0.4 is 5.73 Å². The molecule has 138 valence electrons. The van der Waals surface area contributed by atoms with Crippen LogP contribution in [0.1, 0.15) is 46.6 Å². The third-order valence-electron chi connectivity index (χ3n) is 5.43. The van der Waals surface area contributed by atoms with Gasteiger partial charge in [-0.3, -0.25) is 9.59 Å². The second-order valence-corrected chi connectivity index (χ2v) is 7.09. The van der Waals surface area contributed by atoms with Crippen LogP contribution in [0.25, 0.3) is 11.1 Å². The Morgan fingerprint density at radius 1 is 1.12 bits per heavy atom. The zero-order valence-electron chi connectivity index (χ0n) is 15.8. The van der Waals surface area contributed by atoms with E-state index in [-0.39, 0.29) is 5.91 Å². The molecule has 0 unspecified atom stereocenters. The average molecular weight is 353 g/mol. The van der Waals surface area contributed by atoms with E-state index in [0.717, 1.165) is 60.6 Å². The van der Waals surface area contributed by atoms with Gasteiger partial charge in [0, 0.05) is 43.0 Å². The van der Waals surface area contributed by atoms with E-state index in [1.807, 2.05) is 49.9 Å². The van der Waals surface area contributed by atoms with Crippen molar-refractivity contribution in [2.45, 2.75) is 46.6 Å². The number of nitrogens with two attached hydrogens (primary N) is 1. The molecule has 1 aliphatic heterocycles. The summed E-state index contributed by atoms with van der Waals surface area (Å²) in [6.45, 7) is 8.45. The highest BCUT2D eigenvalue weighted by Crippen LogP contribution is 2.34. The first-order valence-corrected chi connectivity index (χ1v) is 9.25. The second-order valence-electron chi connectivity index (χ2n) is 7.09. The number of nitrogens with zero attached hydrogens (tertiary/aromatic N) is 2. The molecule has 1 saturated heterocycles. The van der Waals surface area contributed by atoms with Crippen molar-refractivity contribution < 1.29 is 9.59 Å². The molecule has 5 nitrogen and oxygen atoms in total. The van der Waals surface area contributed by atoms with E-state index >= 15 is 0 Å². The Balaban J connectivity index is 1.91. The summed E-state index contributed by atoms with van der Waals surface area (Å²) in [6.07, 6.45) is 2.50. The molecule has 1 aromatic carbocycles. The molecule has 3 rings (SSSR count). The molecule has 0 bridgehead atoms. The number of likely N-dealkylation sites (tertiary alicyclic amines) is 1. The number of primary amides is 1. The van der Waals surface area contributed by atoms with E-state index in [1.54, 1.807) is 0 Å². The van der Waals surface area contributed by atoms with Gasteiger partial charge in [0.25, 0.3) is 5.91 Å². The van der Waals surface area contributed by atoms with Gasteiger partial charge in [-0.25, -0.2) is 0 Å². The quantitative estimate of drug-likeness (QED) is 0.866. The van der Waals surface area contributed by atoms with E-state index in [9.17, 15) is 9.59 Å². The molecular weight excluding hydrogens is 326 g/mol. The SMILES string of the molecule is Cc1ccccc1-c1c(C(N)=O)c(C)n(CCCN2CCCC2=O)c1C. The molecule has 0 aliphatic carbocycles. The smallest absolute Gasteiger partial charge is 0.251 e.